The normalized spacial score (nSPS) is 22.2. The maximum atomic E-state index is 12.7. The van der Waals surface area contributed by atoms with Gasteiger partial charge in [-0.05, 0) is 39.8 Å². The lowest BCUT2D eigenvalue weighted by atomic mass is 10.1. The second kappa shape index (κ2) is 8.51. The number of amides is 1. The Bertz CT molecular complexity index is 456. The van der Waals surface area contributed by atoms with Crippen molar-refractivity contribution in [3.63, 3.8) is 0 Å². The number of halogens is 1. The van der Waals surface area contributed by atoms with Gasteiger partial charge in [0, 0.05) is 36.9 Å². The number of nitrogens with zero attached hydrogens (tertiary/aromatic N) is 2. The number of nitrogens with one attached hydrogen (secondary N) is 1. The monoisotopic (exact) mass is 325 g/mol. The first-order chi connectivity index (χ1) is 9.97. The van der Waals surface area contributed by atoms with E-state index in [1.165, 1.54) is 0 Å². The zero-order chi connectivity index (χ0) is 15.4. The Morgan fingerprint density at radius 2 is 1.77 bits per heavy atom. The van der Waals surface area contributed by atoms with E-state index in [1.54, 1.807) is 0 Å². The first-order valence-corrected chi connectivity index (χ1v) is 7.83. The molecule has 4 nitrogen and oxygen atoms in total. The molecule has 0 spiro atoms. The molecule has 0 aliphatic carbocycles. The fraction of sp³-hybridized carbons (Fsp3) is 0.588. The molecule has 5 heteroatoms. The topological polar surface area (TPSA) is 35.6 Å². The number of hydrogen-bond acceptors (Lipinski definition) is 3. The fourth-order valence-electron chi connectivity index (χ4n) is 3.16. The van der Waals surface area contributed by atoms with Gasteiger partial charge in [-0.2, -0.15) is 0 Å². The Kier molecular flexibility index (Phi) is 7.33. The van der Waals surface area contributed by atoms with E-state index in [-0.39, 0.29) is 24.4 Å². The van der Waals surface area contributed by atoms with E-state index in [1.807, 2.05) is 35.2 Å². The molecule has 0 bridgehead atoms. The summed E-state index contributed by atoms with van der Waals surface area (Å²) in [5, 5.41) is 3.50. The number of hydrogen-bond donors (Lipinski definition) is 1. The Morgan fingerprint density at radius 1 is 1.23 bits per heavy atom. The van der Waals surface area contributed by atoms with Crippen LogP contribution in [0, 0.1) is 0 Å². The van der Waals surface area contributed by atoms with Crippen LogP contribution in [0.2, 0.25) is 0 Å². The van der Waals surface area contributed by atoms with Gasteiger partial charge in [-0.15, -0.1) is 12.4 Å². The van der Waals surface area contributed by atoms with Gasteiger partial charge in [0.05, 0.1) is 6.54 Å². The number of carbonyl (C=O) groups excluding carboxylic acids is 1. The molecule has 2 atom stereocenters. The third-order valence-electron chi connectivity index (χ3n) is 3.81. The van der Waals surface area contributed by atoms with E-state index in [9.17, 15) is 4.79 Å². The molecule has 22 heavy (non-hydrogen) atoms. The lowest BCUT2D eigenvalue weighted by Gasteiger charge is -2.37. The van der Waals surface area contributed by atoms with Crippen LogP contribution in [0.4, 0.5) is 5.69 Å². The van der Waals surface area contributed by atoms with Crippen molar-refractivity contribution in [2.75, 3.05) is 24.5 Å². The van der Waals surface area contributed by atoms with Crippen LogP contribution in [-0.4, -0.2) is 48.6 Å². The standard InChI is InChI=1S/C17H27N3O.ClH/c1-13(2)20(16-8-6-5-7-9-16)17(21)12-19-10-14(3)18-15(4)11-19;/h5-9,13-15,18H,10-12H2,1-4H3;1H. The second-order valence-electron chi connectivity index (χ2n) is 6.36. The Morgan fingerprint density at radius 3 is 2.27 bits per heavy atom. The Balaban J connectivity index is 0.00000242. The molecule has 1 aromatic carbocycles. The molecule has 1 heterocycles. The third-order valence-corrected chi connectivity index (χ3v) is 3.81. The molecule has 1 aliphatic rings. The highest BCUT2D eigenvalue weighted by Gasteiger charge is 2.26. The predicted octanol–water partition coefficient (Wildman–Crippen LogP) is 2.53. The van der Waals surface area contributed by atoms with Crippen LogP contribution >= 0.6 is 12.4 Å². The zero-order valence-electron chi connectivity index (χ0n) is 14.0. The van der Waals surface area contributed by atoms with Crippen LogP contribution in [0.15, 0.2) is 30.3 Å². The molecule has 1 aliphatic heterocycles. The van der Waals surface area contributed by atoms with Gasteiger partial charge >= 0.3 is 0 Å². The fourth-order valence-corrected chi connectivity index (χ4v) is 3.16. The molecule has 1 N–H and O–H groups in total. The van der Waals surface area contributed by atoms with Crippen molar-refractivity contribution in [2.45, 2.75) is 45.8 Å². The first kappa shape index (κ1) is 18.9. The molecule has 0 saturated carbocycles. The smallest absolute Gasteiger partial charge is 0.241 e. The van der Waals surface area contributed by atoms with Crippen molar-refractivity contribution >= 4 is 24.0 Å². The van der Waals surface area contributed by atoms with Crippen LogP contribution < -0.4 is 10.2 Å². The molecule has 0 radical (unpaired) electrons. The highest BCUT2D eigenvalue weighted by Crippen LogP contribution is 2.17. The molecule has 2 unspecified atom stereocenters. The summed E-state index contributed by atoms with van der Waals surface area (Å²) >= 11 is 0. The molecule has 1 aromatic rings. The number of piperazine rings is 1. The maximum Gasteiger partial charge on any atom is 0.241 e. The molecule has 1 fully saturated rings. The van der Waals surface area contributed by atoms with E-state index >= 15 is 0 Å². The van der Waals surface area contributed by atoms with Crippen molar-refractivity contribution in [1.29, 1.82) is 0 Å². The Labute approximate surface area is 140 Å². The largest absolute Gasteiger partial charge is 0.309 e. The quantitative estimate of drug-likeness (QED) is 0.924. The average molecular weight is 326 g/mol. The maximum absolute atomic E-state index is 12.7. The molecule has 1 amide bonds. The van der Waals surface area contributed by atoms with Gasteiger partial charge in [0.2, 0.25) is 5.91 Å². The lowest BCUT2D eigenvalue weighted by molar-refractivity contribution is -0.120. The van der Waals surface area contributed by atoms with Crippen molar-refractivity contribution < 1.29 is 4.79 Å². The lowest BCUT2D eigenvalue weighted by Crippen LogP contribution is -2.56. The zero-order valence-corrected chi connectivity index (χ0v) is 14.8. The average Bonchev–Trinajstić information content (AvgIpc) is 2.38. The minimum atomic E-state index is 0. The molecule has 124 valence electrons. The summed E-state index contributed by atoms with van der Waals surface area (Å²) in [6.07, 6.45) is 0. The van der Waals surface area contributed by atoms with E-state index in [4.69, 9.17) is 0 Å². The van der Waals surface area contributed by atoms with Gasteiger partial charge in [-0.1, -0.05) is 18.2 Å². The van der Waals surface area contributed by atoms with Gasteiger partial charge in [-0.25, -0.2) is 0 Å². The Hall–Kier alpha value is -1.10. The number of benzene rings is 1. The summed E-state index contributed by atoms with van der Waals surface area (Å²) in [6, 6.07) is 11.0. The number of rotatable bonds is 4. The molecular formula is C17H28ClN3O. The second-order valence-corrected chi connectivity index (χ2v) is 6.36. The van der Waals surface area contributed by atoms with Gasteiger partial charge < -0.3 is 10.2 Å². The van der Waals surface area contributed by atoms with Crippen molar-refractivity contribution in [3.05, 3.63) is 30.3 Å². The summed E-state index contributed by atoms with van der Waals surface area (Å²) in [5.74, 6) is 0.178. The molecule has 2 rings (SSSR count). The van der Waals surface area contributed by atoms with E-state index in [0.717, 1.165) is 18.8 Å². The van der Waals surface area contributed by atoms with Crippen LogP contribution in [0.1, 0.15) is 27.7 Å². The minimum absolute atomic E-state index is 0. The minimum Gasteiger partial charge on any atom is -0.309 e. The summed E-state index contributed by atoms with van der Waals surface area (Å²) in [7, 11) is 0. The van der Waals surface area contributed by atoms with Gasteiger partial charge in [-0.3, -0.25) is 9.69 Å². The van der Waals surface area contributed by atoms with Gasteiger partial charge in [0.15, 0.2) is 0 Å². The highest BCUT2D eigenvalue weighted by molar-refractivity contribution is 5.95. The number of para-hydroxylation sites is 1. The van der Waals surface area contributed by atoms with E-state index in [2.05, 4.69) is 37.9 Å². The predicted molar refractivity (Wildman–Crippen MR) is 94.8 cm³/mol. The summed E-state index contributed by atoms with van der Waals surface area (Å²) in [6.45, 7) is 10.8. The van der Waals surface area contributed by atoms with Gasteiger partial charge in [0.25, 0.3) is 0 Å². The summed E-state index contributed by atoms with van der Waals surface area (Å²) in [5.41, 5.74) is 0.980. The molecular weight excluding hydrogens is 298 g/mol. The highest BCUT2D eigenvalue weighted by atomic mass is 35.5. The van der Waals surface area contributed by atoms with E-state index in [0.29, 0.717) is 18.6 Å². The number of carbonyl (C=O) groups is 1. The van der Waals surface area contributed by atoms with E-state index < -0.39 is 0 Å². The third kappa shape index (κ3) is 4.97. The van der Waals surface area contributed by atoms with Crippen molar-refractivity contribution in [2.24, 2.45) is 0 Å². The van der Waals surface area contributed by atoms with Crippen LogP contribution in [0.25, 0.3) is 0 Å². The summed E-state index contributed by atoms with van der Waals surface area (Å²) < 4.78 is 0. The molecule has 1 saturated heterocycles. The first-order valence-electron chi connectivity index (χ1n) is 7.83. The molecule has 0 aromatic heterocycles. The SMILES string of the molecule is CC1CN(CC(=O)N(c2ccccc2)C(C)C)CC(C)N1.Cl. The number of anilines is 1. The van der Waals surface area contributed by atoms with Gasteiger partial charge in [0.1, 0.15) is 0 Å². The van der Waals surface area contributed by atoms with Crippen LogP contribution in [-0.2, 0) is 4.79 Å². The summed E-state index contributed by atoms with van der Waals surface area (Å²) in [4.78, 5) is 16.9. The van der Waals surface area contributed by atoms with Crippen LogP contribution in [0.5, 0.6) is 0 Å². The van der Waals surface area contributed by atoms with Crippen molar-refractivity contribution in [1.82, 2.24) is 10.2 Å². The van der Waals surface area contributed by atoms with Crippen LogP contribution in [0.3, 0.4) is 0 Å². The van der Waals surface area contributed by atoms with Crippen molar-refractivity contribution in [3.8, 4) is 0 Å².